The maximum atomic E-state index is 11.6. The molecule has 1 heterocycles. The monoisotopic (exact) mass is 215 g/mol. The molecular weight excluding hydrogens is 202 g/mol. The number of aromatic nitrogens is 2. The highest BCUT2D eigenvalue weighted by Crippen LogP contribution is 2.02. The van der Waals surface area contributed by atoms with Crippen molar-refractivity contribution in [3.05, 3.63) is 58.5 Å². The van der Waals surface area contributed by atoms with Crippen LogP contribution in [-0.2, 0) is 6.42 Å². The van der Waals surface area contributed by atoms with Gasteiger partial charge in [0.25, 0.3) is 5.56 Å². The summed E-state index contributed by atoms with van der Waals surface area (Å²) >= 11 is 0. The first-order chi connectivity index (χ1) is 7.81. The van der Waals surface area contributed by atoms with Crippen LogP contribution in [-0.4, -0.2) is 16.3 Å². The molecule has 0 atom stereocenters. The minimum absolute atomic E-state index is 0.132. The molecule has 0 bridgehead atoms. The van der Waals surface area contributed by atoms with Gasteiger partial charge in [-0.05, 0) is 24.7 Å². The minimum atomic E-state index is -0.132. The first-order valence-electron chi connectivity index (χ1n) is 5.16. The van der Waals surface area contributed by atoms with Gasteiger partial charge in [0.05, 0.1) is 11.4 Å². The van der Waals surface area contributed by atoms with Gasteiger partial charge in [0.1, 0.15) is 0 Å². The normalized spacial score (nSPS) is 10.3. The minimum Gasteiger partial charge on any atom is -0.330 e. The Kier molecular flexibility index (Phi) is 3.12. The van der Waals surface area contributed by atoms with Gasteiger partial charge >= 0.3 is 0 Å². The zero-order valence-corrected chi connectivity index (χ0v) is 8.84. The summed E-state index contributed by atoms with van der Waals surface area (Å²) in [7, 11) is 0. The molecule has 82 valence electrons. The third-order valence-corrected chi connectivity index (χ3v) is 2.26. The standard InChI is InChI=1S/C12H13N3O/c13-9-8-10-6-7-12(16)15(14-10)11-4-2-1-3-5-11/h1-7H,8-9,13H2. The summed E-state index contributed by atoms with van der Waals surface area (Å²) in [5.74, 6) is 0. The zero-order valence-electron chi connectivity index (χ0n) is 8.84. The Morgan fingerprint density at radius 3 is 2.56 bits per heavy atom. The van der Waals surface area contributed by atoms with Gasteiger partial charge in [-0.25, -0.2) is 0 Å². The predicted octanol–water partition coefficient (Wildman–Crippen LogP) is 0.734. The number of benzene rings is 1. The Labute approximate surface area is 93.3 Å². The van der Waals surface area contributed by atoms with Crippen molar-refractivity contribution in [2.45, 2.75) is 6.42 Å². The largest absolute Gasteiger partial charge is 0.330 e. The van der Waals surface area contributed by atoms with Crippen molar-refractivity contribution in [2.75, 3.05) is 6.54 Å². The van der Waals surface area contributed by atoms with Gasteiger partial charge in [-0.2, -0.15) is 9.78 Å². The van der Waals surface area contributed by atoms with E-state index in [4.69, 9.17) is 5.73 Å². The lowest BCUT2D eigenvalue weighted by molar-refractivity contribution is 0.753. The van der Waals surface area contributed by atoms with Crippen LogP contribution in [0.4, 0.5) is 0 Å². The predicted molar refractivity (Wildman–Crippen MR) is 62.6 cm³/mol. The summed E-state index contributed by atoms with van der Waals surface area (Å²) in [6.45, 7) is 0.528. The summed E-state index contributed by atoms with van der Waals surface area (Å²) < 4.78 is 1.39. The number of para-hydroxylation sites is 1. The second-order valence-electron chi connectivity index (χ2n) is 3.45. The quantitative estimate of drug-likeness (QED) is 0.821. The topological polar surface area (TPSA) is 60.9 Å². The van der Waals surface area contributed by atoms with Crippen molar-refractivity contribution in [1.29, 1.82) is 0 Å². The molecule has 0 amide bonds. The van der Waals surface area contributed by atoms with Gasteiger partial charge in [0.15, 0.2) is 0 Å². The van der Waals surface area contributed by atoms with Gasteiger partial charge in [-0.3, -0.25) is 4.79 Å². The van der Waals surface area contributed by atoms with E-state index in [2.05, 4.69) is 5.10 Å². The van der Waals surface area contributed by atoms with E-state index in [0.29, 0.717) is 13.0 Å². The molecule has 1 aromatic carbocycles. The van der Waals surface area contributed by atoms with Crippen molar-refractivity contribution in [2.24, 2.45) is 5.73 Å². The molecule has 0 fully saturated rings. The number of hydrogen-bond acceptors (Lipinski definition) is 3. The first kappa shape index (κ1) is 10.6. The molecule has 2 aromatic rings. The summed E-state index contributed by atoms with van der Waals surface area (Å²) in [5.41, 5.74) is 6.92. The molecule has 4 nitrogen and oxygen atoms in total. The first-order valence-corrected chi connectivity index (χ1v) is 5.16. The maximum absolute atomic E-state index is 11.6. The van der Waals surface area contributed by atoms with Gasteiger partial charge < -0.3 is 5.73 Å². The van der Waals surface area contributed by atoms with Crippen LogP contribution in [0.2, 0.25) is 0 Å². The molecule has 0 saturated carbocycles. The molecule has 4 heteroatoms. The second-order valence-corrected chi connectivity index (χ2v) is 3.45. The van der Waals surface area contributed by atoms with E-state index in [1.807, 2.05) is 30.3 Å². The van der Waals surface area contributed by atoms with E-state index in [1.54, 1.807) is 6.07 Å². The van der Waals surface area contributed by atoms with Crippen LogP contribution >= 0.6 is 0 Å². The second kappa shape index (κ2) is 4.72. The highest BCUT2D eigenvalue weighted by Gasteiger charge is 2.01. The number of nitrogens with two attached hydrogens (primary N) is 1. The van der Waals surface area contributed by atoms with E-state index >= 15 is 0 Å². The van der Waals surface area contributed by atoms with Crippen LogP contribution in [0.3, 0.4) is 0 Å². The van der Waals surface area contributed by atoms with Crippen LogP contribution in [0.25, 0.3) is 5.69 Å². The highest BCUT2D eigenvalue weighted by atomic mass is 16.1. The Hall–Kier alpha value is -1.94. The van der Waals surface area contributed by atoms with Crippen LogP contribution in [0.15, 0.2) is 47.3 Å². The van der Waals surface area contributed by atoms with Crippen LogP contribution in [0.5, 0.6) is 0 Å². The molecular formula is C12H13N3O. The van der Waals surface area contributed by atoms with Crippen molar-refractivity contribution >= 4 is 0 Å². The molecule has 0 radical (unpaired) electrons. The summed E-state index contributed by atoms with van der Waals surface area (Å²) in [5, 5.41) is 4.26. The third kappa shape index (κ3) is 2.17. The third-order valence-electron chi connectivity index (χ3n) is 2.26. The average molecular weight is 215 g/mol. The molecule has 0 aliphatic heterocycles. The smallest absolute Gasteiger partial charge is 0.271 e. The lowest BCUT2D eigenvalue weighted by Gasteiger charge is -2.05. The number of rotatable bonds is 3. The van der Waals surface area contributed by atoms with E-state index in [9.17, 15) is 4.79 Å². The molecule has 0 saturated heterocycles. The van der Waals surface area contributed by atoms with Crippen molar-refractivity contribution in [3.8, 4) is 5.69 Å². The van der Waals surface area contributed by atoms with Crippen molar-refractivity contribution in [3.63, 3.8) is 0 Å². The van der Waals surface area contributed by atoms with Gasteiger partial charge in [-0.15, -0.1) is 0 Å². The molecule has 2 N–H and O–H groups in total. The molecule has 16 heavy (non-hydrogen) atoms. The molecule has 0 unspecified atom stereocenters. The van der Waals surface area contributed by atoms with Crippen LogP contribution < -0.4 is 11.3 Å². The summed E-state index contributed by atoms with van der Waals surface area (Å²) in [6, 6.07) is 12.6. The van der Waals surface area contributed by atoms with Crippen LogP contribution in [0, 0.1) is 0 Å². The van der Waals surface area contributed by atoms with Crippen molar-refractivity contribution in [1.82, 2.24) is 9.78 Å². The lowest BCUT2D eigenvalue weighted by Crippen LogP contribution is -2.22. The summed E-state index contributed by atoms with van der Waals surface area (Å²) in [4.78, 5) is 11.6. The Bertz CT molecular complexity index is 519. The maximum Gasteiger partial charge on any atom is 0.271 e. The van der Waals surface area contributed by atoms with Crippen molar-refractivity contribution < 1.29 is 0 Å². The fourth-order valence-corrected chi connectivity index (χ4v) is 1.48. The number of nitrogens with zero attached hydrogens (tertiary/aromatic N) is 2. The molecule has 1 aromatic heterocycles. The average Bonchev–Trinajstić information content (AvgIpc) is 2.33. The van der Waals surface area contributed by atoms with Gasteiger partial charge in [-0.1, -0.05) is 18.2 Å². The molecule has 0 aliphatic carbocycles. The number of hydrogen-bond donors (Lipinski definition) is 1. The highest BCUT2D eigenvalue weighted by molar-refractivity contribution is 5.30. The van der Waals surface area contributed by atoms with Gasteiger partial charge in [0, 0.05) is 12.5 Å². The van der Waals surface area contributed by atoms with E-state index in [0.717, 1.165) is 11.4 Å². The van der Waals surface area contributed by atoms with E-state index in [-0.39, 0.29) is 5.56 Å². The Morgan fingerprint density at radius 2 is 1.88 bits per heavy atom. The molecule has 2 rings (SSSR count). The van der Waals surface area contributed by atoms with E-state index < -0.39 is 0 Å². The Balaban J connectivity index is 2.48. The molecule has 0 aliphatic rings. The fourth-order valence-electron chi connectivity index (χ4n) is 1.48. The SMILES string of the molecule is NCCc1ccc(=O)n(-c2ccccc2)n1. The van der Waals surface area contributed by atoms with Crippen LogP contribution in [0.1, 0.15) is 5.69 Å². The fraction of sp³-hybridized carbons (Fsp3) is 0.167. The van der Waals surface area contributed by atoms with E-state index in [1.165, 1.54) is 10.7 Å². The lowest BCUT2D eigenvalue weighted by atomic mass is 10.3. The van der Waals surface area contributed by atoms with Gasteiger partial charge in [0.2, 0.25) is 0 Å². The zero-order chi connectivity index (χ0) is 11.4. The summed E-state index contributed by atoms with van der Waals surface area (Å²) in [6.07, 6.45) is 0.674. The molecule has 0 spiro atoms. The Morgan fingerprint density at radius 1 is 1.12 bits per heavy atom.